The number of rotatable bonds is 7. The summed E-state index contributed by atoms with van der Waals surface area (Å²) in [7, 11) is 0. The van der Waals surface area contributed by atoms with Crippen LogP contribution in [0, 0.1) is 0 Å². The van der Waals surface area contributed by atoms with Gasteiger partial charge in [-0.3, -0.25) is 9.59 Å². The number of hydrogen-bond donors (Lipinski definition) is 2. The molecule has 136 valence electrons. The Balaban J connectivity index is 1.82. The van der Waals surface area contributed by atoms with Crippen LogP contribution in [0.1, 0.15) is 20.3 Å². The molecule has 1 heterocycles. The van der Waals surface area contributed by atoms with Crippen molar-refractivity contribution >= 4 is 35.2 Å². The molecule has 2 N–H and O–H groups in total. The van der Waals surface area contributed by atoms with Gasteiger partial charge < -0.3 is 20.1 Å². The predicted octanol–water partition coefficient (Wildman–Crippen LogP) is 1.58. The molecule has 0 bridgehead atoms. The molecule has 0 unspecified atom stereocenters. The van der Waals surface area contributed by atoms with Gasteiger partial charge in [0.25, 0.3) is 0 Å². The third kappa shape index (κ3) is 5.67. The molecule has 1 aromatic carbocycles. The molecule has 2 rings (SSSR count). The number of ether oxygens (including phenoxy) is 2. The number of thioether (sulfide) groups is 1. The number of benzene rings is 1. The maximum Gasteiger partial charge on any atom is 0.329 e. The van der Waals surface area contributed by atoms with E-state index in [0.717, 1.165) is 5.75 Å². The fourth-order valence-corrected chi connectivity index (χ4v) is 3.43. The number of hydrogen-bond acceptors (Lipinski definition) is 6. The van der Waals surface area contributed by atoms with Crippen molar-refractivity contribution in [3.8, 4) is 5.75 Å². The van der Waals surface area contributed by atoms with E-state index < -0.39 is 17.3 Å². The fourth-order valence-electron chi connectivity index (χ4n) is 2.30. The molecule has 2 amide bonds. The Morgan fingerprint density at radius 3 is 2.56 bits per heavy atom. The van der Waals surface area contributed by atoms with Gasteiger partial charge in [0.1, 0.15) is 11.8 Å². The molecule has 2 atom stereocenters. The van der Waals surface area contributed by atoms with Gasteiger partial charge in [-0.2, -0.15) is 0 Å². The second-order valence-corrected chi connectivity index (χ2v) is 6.58. The molecule has 25 heavy (non-hydrogen) atoms. The lowest BCUT2D eigenvalue weighted by molar-refractivity contribution is -0.146. The highest BCUT2D eigenvalue weighted by atomic mass is 32.2. The summed E-state index contributed by atoms with van der Waals surface area (Å²) in [4.78, 5) is 35.9. The van der Waals surface area contributed by atoms with Gasteiger partial charge in [0.2, 0.25) is 11.8 Å². The third-order valence-corrected chi connectivity index (χ3v) is 4.77. The summed E-state index contributed by atoms with van der Waals surface area (Å²) in [6, 6.07) is 6.38. The Morgan fingerprint density at radius 1 is 1.24 bits per heavy atom. The summed E-state index contributed by atoms with van der Waals surface area (Å²) < 4.78 is 10.2. The van der Waals surface area contributed by atoms with E-state index in [0.29, 0.717) is 18.0 Å². The van der Waals surface area contributed by atoms with Crippen molar-refractivity contribution < 1.29 is 23.9 Å². The molecular formula is C17H22N2O5S. The van der Waals surface area contributed by atoms with E-state index in [9.17, 15) is 14.4 Å². The van der Waals surface area contributed by atoms with Gasteiger partial charge in [-0.1, -0.05) is 0 Å². The lowest BCUT2D eigenvalue weighted by Crippen LogP contribution is -2.51. The number of nitrogens with one attached hydrogen (secondary N) is 2. The average molecular weight is 366 g/mol. The van der Waals surface area contributed by atoms with Crippen LogP contribution in [-0.4, -0.2) is 48.0 Å². The van der Waals surface area contributed by atoms with Crippen molar-refractivity contribution in [2.75, 3.05) is 24.3 Å². The smallest absolute Gasteiger partial charge is 0.329 e. The van der Waals surface area contributed by atoms with Crippen molar-refractivity contribution in [1.29, 1.82) is 0 Å². The zero-order chi connectivity index (χ0) is 18.2. The van der Waals surface area contributed by atoms with Crippen molar-refractivity contribution in [2.24, 2.45) is 0 Å². The number of anilines is 1. The van der Waals surface area contributed by atoms with Crippen LogP contribution in [0.2, 0.25) is 0 Å². The van der Waals surface area contributed by atoms with Crippen LogP contribution in [0.5, 0.6) is 5.75 Å². The monoisotopic (exact) mass is 366 g/mol. The van der Waals surface area contributed by atoms with Crippen molar-refractivity contribution in [2.45, 2.75) is 31.6 Å². The highest BCUT2D eigenvalue weighted by Gasteiger charge is 2.34. The SMILES string of the molecule is CCOC(=O)[C@@H]1CS[C@@H](CC(=O)Nc2ccc(OCC)cc2)C(=O)N1. The first-order chi connectivity index (χ1) is 12.0. The second-order valence-electron chi connectivity index (χ2n) is 5.34. The molecule has 1 saturated heterocycles. The van der Waals surface area contributed by atoms with Gasteiger partial charge in [0.15, 0.2) is 0 Å². The Bertz CT molecular complexity index is 620. The molecule has 1 fully saturated rings. The quantitative estimate of drug-likeness (QED) is 0.712. The largest absolute Gasteiger partial charge is 0.494 e. The molecule has 0 aromatic heterocycles. The van der Waals surface area contributed by atoms with Gasteiger partial charge in [-0.05, 0) is 38.1 Å². The lowest BCUT2D eigenvalue weighted by Gasteiger charge is -2.27. The standard InChI is InChI=1S/C17H22N2O5S/c1-3-23-12-7-5-11(6-8-12)18-15(20)9-14-16(21)19-13(10-25-14)17(22)24-4-2/h5-8,13-14H,3-4,9-10H2,1-2H3,(H,18,20)(H,19,21)/t13-,14-/m0/s1. The Morgan fingerprint density at radius 2 is 1.96 bits per heavy atom. The second kappa shape index (κ2) is 9.31. The highest BCUT2D eigenvalue weighted by Crippen LogP contribution is 2.22. The zero-order valence-corrected chi connectivity index (χ0v) is 15.1. The van der Waals surface area contributed by atoms with Crippen LogP contribution in [0.25, 0.3) is 0 Å². The van der Waals surface area contributed by atoms with Crippen molar-refractivity contribution in [3.05, 3.63) is 24.3 Å². The van der Waals surface area contributed by atoms with E-state index in [1.807, 2.05) is 6.92 Å². The van der Waals surface area contributed by atoms with Gasteiger partial charge in [-0.15, -0.1) is 11.8 Å². The van der Waals surface area contributed by atoms with Gasteiger partial charge in [0.05, 0.1) is 18.5 Å². The first kappa shape index (κ1) is 19.1. The highest BCUT2D eigenvalue weighted by molar-refractivity contribution is 8.00. The molecule has 1 aliphatic rings. The molecule has 1 aromatic rings. The van der Waals surface area contributed by atoms with Gasteiger partial charge in [0, 0.05) is 17.9 Å². The minimum atomic E-state index is -0.650. The fraction of sp³-hybridized carbons (Fsp3) is 0.471. The normalized spacial score (nSPS) is 19.7. The molecule has 0 saturated carbocycles. The molecule has 8 heteroatoms. The van der Waals surface area contributed by atoms with E-state index in [2.05, 4.69) is 10.6 Å². The van der Waals surface area contributed by atoms with E-state index in [1.165, 1.54) is 11.8 Å². The molecule has 1 aliphatic heterocycles. The summed E-state index contributed by atoms with van der Waals surface area (Å²) in [5.41, 5.74) is 0.638. The maximum absolute atomic E-state index is 12.1. The molecule has 7 nitrogen and oxygen atoms in total. The summed E-state index contributed by atoms with van der Waals surface area (Å²) in [5, 5.41) is 4.84. The molecule has 0 radical (unpaired) electrons. The van der Waals surface area contributed by atoms with Crippen LogP contribution in [0.4, 0.5) is 5.69 Å². The minimum absolute atomic E-state index is 0.0409. The van der Waals surface area contributed by atoms with E-state index in [-0.39, 0.29) is 24.8 Å². The van der Waals surface area contributed by atoms with Crippen LogP contribution in [0.15, 0.2) is 24.3 Å². The number of amides is 2. The van der Waals surface area contributed by atoms with Gasteiger partial charge >= 0.3 is 5.97 Å². The summed E-state index contributed by atoms with van der Waals surface area (Å²) in [6.07, 6.45) is 0.0409. The van der Waals surface area contributed by atoms with E-state index in [4.69, 9.17) is 9.47 Å². The summed E-state index contributed by atoms with van der Waals surface area (Å²) >= 11 is 1.29. The average Bonchev–Trinajstić information content (AvgIpc) is 2.59. The number of esters is 1. The third-order valence-electron chi connectivity index (χ3n) is 3.46. The van der Waals surface area contributed by atoms with E-state index >= 15 is 0 Å². The molecular weight excluding hydrogens is 344 g/mol. The topological polar surface area (TPSA) is 93.7 Å². The van der Waals surface area contributed by atoms with Crippen LogP contribution < -0.4 is 15.4 Å². The molecule has 0 spiro atoms. The Kier molecular flexibility index (Phi) is 7.12. The first-order valence-corrected chi connectivity index (χ1v) is 9.19. The van der Waals surface area contributed by atoms with Crippen LogP contribution in [-0.2, 0) is 19.1 Å². The Hall–Kier alpha value is -2.22. The number of carbonyl (C=O) groups is 3. The van der Waals surface area contributed by atoms with E-state index in [1.54, 1.807) is 31.2 Å². The maximum atomic E-state index is 12.1. The van der Waals surface area contributed by atoms with Crippen LogP contribution in [0.3, 0.4) is 0 Å². The zero-order valence-electron chi connectivity index (χ0n) is 14.2. The predicted molar refractivity (Wildman–Crippen MR) is 95.7 cm³/mol. The Labute approximate surface area is 150 Å². The minimum Gasteiger partial charge on any atom is -0.494 e. The van der Waals surface area contributed by atoms with Crippen molar-refractivity contribution in [1.82, 2.24) is 5.32 Å². The summed E-state index contributed by atoms with van der Waals surface area (Å²) in [6.45, 7) is 4.45. The summed E-state index contributed by atoms with van der Waals surface area (Å²) in [5.74, 6) is 0.0990. The molecule has 0 aliphatic carbocycles. The lowest BCUT2D eigenvalue weighted by atomic mass is 10.2. The van der Waals surface area contributed by atoms with Crippen molar-refractivity contribution in [3.63, 3.8) is 0 Å². The number of carbonyl (C=O) groups excluding carboxylic acids is 3. The van der Waals surface area contributed by atoms with Crippen LogP contribution >= 0.6 is 11.8 Å². The van der Waals surface area contributed by atoms with Gasteiger partial charge in [-0.25, -0.2) is 4.79 Å². The first-order valence-electron chi connectivity index (χ1n) is 8.14.